The van der Waals surface area contributed by atoms with Gasteiger partial charge in [0.15, 0.2) is 5.76 Å². The highest BCUT2D eigenvalue weighted by Gasteiger charge is 2.12. The van der Waals surface area contributed by atoms with E-state index in [1.807, 2.05) is 56.3 Å². The number of aryl methyl sites for hydroxylation is 3. The van der Waals surface area contributed by atoms with Crippen LogP contribution in [-0.2, 0) is 13.0 Å². The van der Waals surface area contributed by atoms with Gasteiger partial charge in [0.05, 0.1) is 0 Å². The number of carbonyl (C=O) groups excluding carboxylic acids is 1. The van der Waals surface area contributed by atoms with Gasteiger partial charge in [0.2, 0.25) is 0 Å². The Morgan fingerprint density at radius 2 is 1.69 bits per heavy atom. The summed E-state index contributed by atoms with van der Waals surface area (Å²) < 4.78 is 11.5. The van der Waals surface area contributed by atoms with Crippen LogP contribution in [0.1, 0.15) is 39.9 Å². The lowest BCUT2D eigenvalue weighted by atomic mass is 10.1. The Hall–Kier alpha value is -3.01. The van der Waals surface area contributed by atoms with Crippen LogP contribution in [0, 0.1) is 13.8 Å². The van der Waals surface area contributed by atoms with Crippen molar-refractivity contribution >= 4 is 11.6 Å². The van der Waals surface area contributed by atoms with Crippen LogP contribution < -0.4 is 10.1 Å². The Morgan fingerprint density at radius 3 is 2.35 bits per heavy atom. The Morgan fingerprint density at radius 1 is 1.00 bits per heavy atom. The minimum absolute atomic E-state index is 0.268. The Labute approximate surface area is 153 Å². The highest BCUT2D eigenvalue weighted by atomic mass is 16.5. The van der Waals surface area contributed by atoms with Crippen LogP contribution in [-0.4, -0.2) is 5.91 Å². The van der Waals surface area contributed by atoms with E-state index in [9.17, 15) is 4.79 Å². The third-order valence-electron chi connectivity index (χ3n) is 4.27. The van der Waals surface area contributed by atoms with Crippen LogP contribution in [0.5, 0.6) is 5.75 Å². The Balaban J connectivity index is 1.62. The van der Waals surface area contributed by atoms with Gasteiger partial charge in [-0.2, -0.15) is 0 Å². The summed E-state index contributed by atoms with van der Waals surface area (Å²) in [6.45, 7) is 6.39. The third kappa shape index (κ3) is 4.14. The van der Waals surface area contributed by atoms with Crippen molar-refractivity contribution < 1.29 is 13.9 Å². The summed E-state index contributed by atoms with van der Waals surface area (Å²) >= 11 is 0. The SMILES string of the molecule is CCc1ccc(NC(=O)c2ccc(COc3c(C)cccc3C)o2)cc1. The van der Waals surface area contributed by atoms with E-state index >= 15 is 0 Å². The Bertz CT molecular complexity index is 874. The lowest BCUT2D eigenvalue weighted by molar-refractivity contribution is 0.0992. The van der Waals surface area contributed by atoms with Gasteiger partial charge in [0, 0.05) is 5.69 Å². The van der Waals surface area contributed by atoms with Crippen LogP contribution in [0.4, 0.5) is 5.69 Å². The van der Waals surface area contributed by atoms with Crippen LogP contribution in [0.3, 0.4) is 0 Å². The van der Waals surface area contributed by atoms with Crippen molar-refractivity contribution in [2.45, 2.75) is 33.8 Å². The Kier molecular flexibility index (Phi) is 5.42. The molecule has 0 atom stereocenters. The molecular formula is C22H23NO3. The molecule has 0 fully saturated rings. The monoisotopic (exact) mass is 349 g/mol. The topological polar surface area (TPSA) is 51.5 Å². The van der Waals surface area contributed by atoms with Gasteiger partial charge >= 0.3 is 0 Å². The standard InChI is InChI=1S/C22H23NO3/c1-4-17-8-10-18(11-9-17)23-22(24)20-13-12-19(26-20)14-25-21-15(2)6-5-7-16(21)3/h5-13H,4,14H2,1-3H3,(H,23,24). The number of rotatable bonds is 6. The van der Waals surface area contributed by atoms with E-state index in [4.69, 9.17) is 9.15 Å². The first-order valence-corrected chi connectivity index (χ1v) is 8.75. The maximum atomic E-state index is 12.3. The van der Waals surface area contributed by atoms with E-state index < -0.39 is 0 Å². The summed E-state index contributed by atoms with van der Waals surface area (Å²) in [6.07, 6.45) is 0.968. The van der Waals surface area contributed by atoms with Crippen LogP contribution in [0.15, 0.2) is 59.0 Å². The summed E-state index contributed by atoms with van der Waals surface area (Å²) in [7, 11) is 0. The fourth-order valence-corrected chi connectivity index (χ4v) is 2.76. The summed E-state index contributed by atoms with van der Waals surface area (Å²) in [5, 5.41) is 2.84. The molecule has 0 aliphatic carbocycles. The number of hydrogen-bond donors (Lipinski definition) is 1. The number of para-hydroxylation sites is 1. The van der Waals surface area contributed by atoms with Crippen LogP contribution in [0.25, 0.3) is 0 Å². The first-order valence-electron chi connectivity index (χ1n) is 8.75. The molecule has 1 amide bonds. The molecule has 3 aromatic rings. The minimum atomic E-state index is -0.271. The van der Waals surface area contributed by atoms with Gasteiger partial charge in [-0.25, -0.2) is 0 Å². The number of furan rings is 1. The number of amides is 1. The number of anilines is 1. The van der Waals surface area contributed by atoms with E-state index in [1.165, 1.54) is 5.56 Å². The zero-order chi connectivity index (χ0) is 18.5. The largest absolute Gasteiger partial charge is 0.485 e. The number of nitrogens with one attached hydrogen (secondary N) is 1. The van der Waals surface area contributed by atoms with Crippen molar-refractivity contribution in [3.05, 3.63) is 82.8 Å². The van der Waals surface area contributed by atoms with Crippen molar-refractivity contribution in [2.75, 3.05) is 5.32 Å². The number of hydrogen-bond acceptors (Lipinski definition) is 3. The predicted molar refractivity (Wildman–Crippen MR) is 103 cm³/mol. The average molecular weight is 349 g/mol. The summed E-state index contributed by atoms with van der Waals surface area (Å²) in [5.41, 5.74) is 4.12. The maximum Gasteiger partial charge on any atom is 0.291 e. The average Bonchev–Trinajstić information content (AvgIpc) is 3.11. The van der Waals surface area contributed by atoms with Crippen LogP contribution in [0.2, 0.25) is 0 Å². The molecule has 0 saturated carbocycles. The van der Waals surface area contributed by atoms with E-state index in [2.05, 4.69) is 12.2 Å². The van der Waals surface area contributed by atoms with E-state index in [1.54, 1.807) is 12.1 Å². The molecule has 1 aromatic heterocycles. The molecule has 0 aliphatic rings. The van der Waals surface area contributed by atoms with Gasteiger partial charge in [-0.15, -0.1) is 0 Å². The van der Waals surface area contributed by atoms with Gasteiger partial charge in [0.1, 0.15) is 18.1 Å². The second-order valence-electron chi connectivity index (χ2n) is 6.28. The number of benzene rings is 2. The smallest absolute Gasteiger partial charge is 0.291 e. The van der Waals surface area contributed by atoms with Crippen molar-refractivity contribution in [3.8, 4) is 5.75 Å². The molecule has 4 heteroatoms. The lowest BCUT2D eigenvalue weighted by Crippen LogP contribution is -2.10. The molecule has 1 heterocycles. The number of ether oxygens (including phenoxy) is 1. The molecule has 0 bridgehead atoms. The van der Waals surface area contributed by atoms with Crippen molar-refractivity contribution in [1.29, 1.82) is 0 Å². The van der Waals surface area contributed by atoms with Crippen LogP contribution >= 0.6 is 0 Å². The molecule has 26 heavy (non-hydrogen) atoms. The van der Waals surface area contributed by atoms with E-state index in [0.717, 1.165) is 29.0 Å². The quantitative estimate of drug-likeness (QED) is 0.658. The van der Waals surface area contributed by atoms with Crippen molar-refractivity contribution in [2.24, 2.45) is 0 Å². The van der Waals surface area contributed by atoms with E-state index in [0.29, 0.717) is 5.76 Å². The third-order valence-corrected chi connectivity index (χ3v) is 4.27. The molecule has 0 saturated heterocycles. The maximum absolute atomic E-state index is 12.3. The molecule has 0 radical (unpaired) electrons. The molecular weight excluding hydrogens is 326 g/mol. The van der Waals surface area contributed by atoms with E-state index in [-0.39, 0.29) is 18.3 Å². The van der Waals surface area contributed by atoms with Crippen molar-refractivity contribution in [3.63, 3.8) is 0 Å². The molecule has 0 unspecified atom stereocenters. The zero-order valence-corrected chi connectivity index (χ0v) is 15.3. The van der Waals surface area contributed by atoms with Gasteiger partial charge < -0.3 is 14.5 Å². The molecule has 3 rings (SSSR count). The fraction of sp³-hybridized carbons (Fsp3) is 0.227. The van der Waals surface area contributed by atoms with Gasteiger partial charge in [-0.1, -0.05) is 37.3 Å². The highest BCUT2D eigenvalue weighted by molar-refractivity contribution is 6.02. The predicted octanol–water partition coefficient (Wildman–Crippen LogP) is 5.29. The first-order chi connectivity index (χ1) is 12.6. The van der Waals surface area contributed by atoms with Crippen molar-refractivity contribution in [1.82, 2.24) is 0 Å². The number of carbonyl (C=O) groups is 1. The second-order valence-corrected chi connectivity index (χ2v) is 6.28. The summed E-state index contributed by atoms with van der Waals surface area (Å²) in [6, 6.07) is 17.2. The molecule has 0 aliphatic heterocycles. The molecule has 1 N–H and O–H groups in total. The lowest BCUT2D eigenvalue weighted by Gasteiger charge is -2.10. The highest BCUT2D eigenvalue weighted by Crippen LogP contribution is 2.24. The molecule has 2 aromatic carbocycles. The van der Waals surface area contributed by atoms with Gasteiger partial charge in [-0.05, 0) is 61.2 Å². The summed E-state index contributed by atoms with van der Waals surface area (Å²) in [4.78, 5) is 12.3. The minimum Gasteiger partial charge on any atom is -0.485 e. The molecule has 0 spiro atoms. The van der Waals surface area contributed by atoms with Gasteiger partial charge in [0.25, 0.3) is 5.91 Å². The summed E-state index contributed by atoms with van der Waals surface area (Å²) in [5.74, 6) is 1.46. The normalized spacial score (nSPS) is 10.6. The van der Waals surface area contributed by atoms with Gasteiger partial charge in [-0.3, -0.25) is 4.79 Å². The second kappa shape index (κ2) is 7.91. The fourth-order valence-electron chi connectivity index (χ4n) is 2.76. The zero-order valence-electron chi connectivity index (χ0n) is 15.3. The molecule has 4 nitrogen and oxygen atoms in total. The first kappa shape index (κ1) is 17.8. The molecule has 134 valence electrons.